The van der Waals surface area contributed by atoms with Crippen molar-refractivity contribution in [2.45, 2.75) is 58.0 Å². The third kappa shape index (κ3) is 7.08. The average Bonchev–Trinajstić information content (AvgIpc) is 3.51. The zero-order valence-electron chi connectivity index (χ0n) is 24.8. The minimum Gasteiger partial charge on any atom is -0.361 e. The first-order chi connectivity index (χ1) is 19.6. The Kier molecular flexibility index (Phi) is 8.95. The summed E-state index contributed by atoms with van der Waals surface area (Å²) >= 11 is 0. The van der Waals surface area contributed by atoms with E-state index in [1.807, 2.05) is 35.4 Å². The summed E-state index contributed by atoms with van der Waals surface area (Å²) in [7, 11) is 0.566. The lowest BCUT2D eigenvalue weighted by Gasteiger charge is -2.32. The smallest absolute Gasteiger partial charge is 0.361 e. The maximum atomic E-state index is 13.0. The van der Waals surface area contributed by atoms with Crippen LogP contribution in [0.3, 0.4) is 0 Å². The van der Waals surface area contributed by atoms with Crippen molar-refractivity contribution in [1.29, 1.82) is 0 Å². The highest BCUT2D eigenvalue weighted by molar-refractivity contribution is 6.76. The highest BCUT2D eigenvalue weighted by atomic mass is 28.3. The summed E-state index contributed by atoms with van der Waals surface area (Å²) in [6, 6.07) is 4.74. The Bertz CT molecular complexity index is 1560. The van der Waals surface area contributed by atoms with Gasteiger partial charge in [-0.05, 0) is 24.1 Å². The third-order valence-electron chi connectivity index (χ3n) is 7.24. The molecule has 9 nitrogen and oxygen atoms in total. The van der Waals surface area contributed by atoms with E-state index in [0.717, 1.165) is 28.1 Å². The topological polar surface area (TPSA) is 113 Å². The van der Waals surface area contributed by atoms with E-state index in [9.17, 15) is 18.0 Å². The van der Waals surface area contributed by atoms with Crippen LogP contribution in [0.1, 0.15) is 19.4 Å². The molecule has 0 aromatic carbocycles. The van der Waals surface area contributed by atoms with E-state index >= 15 is 0 Å². The predicted molar refractivity (Wildman–Crippen MR) is 159 cm³/mol. The second kappa shape index (κ2) is 12.0. The SMILES string of the molecule is CC(C)[C@](N)(C(=O)NCC(F)(F)F)c1cncc(-c2cn(COCC[Si](C)(C)C)c3ncc(-c4cnn(C)c4)cc23)c1. The molecule has 0 spiro atoms. The van der Waals surface area contributed by atoms with Crippen LogP contribution >= 0.6 is 0 Å². The number of halogens is 3. The van der Waals surface area contributed by atoms with E-state index in [0.29, 0.717) is 30.1 Å². The van der Waals surface area contributed by atoms with Gasteiger partial charge in [0.25, 0.3) is 0 Å². The molecule has 0 aliphatic rings. The number of pyridine rings is 2. The third-order valence-corrected chi connectivity index (χ3v) is 8.95. The van der Waals surface area contributed by atoms with Crippen molar-refractivity contribution in [3.8, 4) is 22.3 Å². The minimum absolute atomic E-state index is 0.292. The fourth-order valence-electron chi connectivity index (χ4n) is 4.64. The lowest BCUT2D eigenvalue weighted by atomic mass is 9.80. The molecule has 4 aromatic rings. The van der Waals surface area contributed by atoms with Crippen molar-refractivity contribution in [2.24, 2.45) is 18.7 Å². The van der Waals surface area contributed by atoms with Crippen LogP contribution in [-0.4, -0.2) is 57.6 Å². The second-order valence-electron chi connectivity index (χ2n) is 12.1. The first-order valence-electron chi connectivity index (χ1n) is 13.7. The highest BCUT2D eigenvalue weighted by Gasteiger charge is 2.41. The van der Waals surface area contributed by atoms with Crippen LogP contribution in [0.4, 0.5) is 13.2 Å². The van der Waals surface area contributed by atoms with Crippen molar-refractivity contribution in [3.63, 3.8) is 0 Å². The molecule has 13 heteroatoms. The lowest BCUT2D eigenvalue weighted by molar-refractivity contribution is -0.143. The largest absolute Gasteiger partial charge is 0.405 e. The van der Waals surface area contributed by atoms with E-state index in [-0.39, 0.29) is 0 Å². The van der Waals surface area contributed by atoms with Crippen LogP contribution in [0, 0.1) is 5.92 Å². The first kappa shape index (κ1) is 31.4. The number of hydrogen-bond acceptors (Lipinski definition) is 6. The summed E-state index contributed by atoms with van der Waals surface area (Å²) in [6.07, 6.45) is 5.85. The Hall–Kier alpha value is -3.55. The number of alkyl halides is 3. The minimum atomic E-state index is -4.56. The Morgan fingerprint density at radius 2 is 1.81 bits per heavy atom. The van der Waals surface area contributed by atoms with Gasteiger partial charge in [0.15, 0.2) is 0 Å². The van der Waals surface area contributed by atoms with Crippen molar-refractivity contribution in [3.05, 3.63) is 54.9 Å². The van der Waals surface area contributed by atoms with Gasteiger partial charge in [-0.3, -0.25) is 14.5 Å². The zero-order valence-corrected chi connectivity index (χ0v) is 25.8. The predicted octanol–water partition coefficient (Wildman–Crippen LogP) is 5.30. The van der Waals surface area contributed by atoms with Gasteiger partial charge in [-0.15, -0.1) is 0 Å². The molecule has 0 unspecified atom stereocenters. The van der Waals surface area contributed by atoms with Crippen LogP contribution in [0.2, 0.25) is 25.7 Å². The zero-order chi connectivity index (χ0) is 30.9. The monoisotopic (exact) mass is 601 g/mol. The van der Waals surface area contributed by atoms with Gasteiger partial charge in [0.2, 0.25) is 5.91 Å². The molecule has 3 N–H and O–H groups in total. The number of amides is 1. The molecule has 42 heavy (non-hydrogen) atoms. The number of hydrogen-bond donors (Lipinski definition) is 2. The van der Waals surface area contributed by atoms with E-state index in [2.05, 4.69) is 29.7 Å². The number of carbonyl (C=O) groups excluding carboxylic acids is 1. The van der Waals surface area contributed by atoms with Crippen molar-refractivity contribution in [1.82, 2.24) is 29.6 Å². The number of nitrogens with one attached hydrogen (secondary N) is 1. The summed E-state index contributed by atoms with van der Waals surface area (Å²) in [5, 5.41) is 7.03. The number of nitrogens with zero attached hydrogens (tertiary/aromatic N) is 5. The molecule has 4 rings (SSSR count). The Labute approximate surface area is 244 Å². The van der Waals surface area contributed by atoms with Crippen LogP contribution in [0.5, 0.6) is 0 Å². The molecule has 4 heterocycles. The molecule has 0 aliphatic carbocycles. The van der Waals surface area contributed by atoms with Gasteiger partial charge in [0, 0.05) is 85.9 Å². The average molecular weight is 602 g/mol. The maximum absolute atomic E-state index is 13.0. The fraction of sp³-hybridized carbons (Fsp3) is 0.448. The van der Waals surface area contributed by atoms with Gasteiger partial charge in [-0.1, -0.05) is 33.5 Å². The summed E-state index contributed by atoms with van der Waals surface area (Å²) in [5.41, 5.74) is 8.98. The summed E-state index contributed by atoms with van der Waals surface area (Å²) in [4.78, 5) is 22.1. The van der Waals surface area contributed by atoms with Gasteiger partial charge in [-0.2, -0.15) is 18.3 Å². The van der Waals surface area contributed by atoms with Gasteiger partial charge in [0.1, 0.15) is 24.5 Å². The molecular weight excluding hydrogens is 563 g/mol. The molecule has 0 bridgehead atoms. The maximum Gasteiger partial charge on any atom is 0.405 e. The number of aryl methyl sites for hydroxylation is 1. The van der Waals surface area contributed by atoms with E-state index in [1.54, 1.807) is 43.2 Å². The lowest BCUT2D eigenvalue weighted by Crippen LogP contribution is -2.56. The van der Waals surface area contributed by atoms with Crippen LogP contribution in [-0.2, 0) is 28.8 Å². The summed E-state index contributed by atoms with van der Waals surface area (Å²) < 4.78 is 48.3. The summed E-state index contributed by atoms with van der Waals surface area (Å²) in [6.45, 7) is 9.70. The second-order valence-corrected chi connectivity index (χ2v) is 17.8. The van der Waals surface area contributed by atoms with E-state index in [1.165, 1.54) is 6.20 Å². The molecule has 226 valence electrons. The quantitative estimate of drug-likeness (QED) is 0.178. The normalized spacial score (nSPS) is 14.0. The number of carbonyl (C=O) groups is 1. The standard InChI is InChI=1S/C29H38F3N7O2Si/c1-19(2)29(33,27(40)36-17-28(30,31)32)23-9-21(11-34-14-23)25-16-39(18-41-7-8-42(4,5)6)26-24(25)10-20(12-35-26)22-13-37-38(3)15-22/h9-16,19H,7-8,17-18,33H2,1-6H3,(H,36,40)/t29-/m1/s1. The highest BCUT2D eigenvalue weighted by Crippen LogP contribution is 2.35. The molecule has 0 saturated heterocycles. The molecule has 0 radical (unpaired) electrons. The number of aromatic nitrogens is 5. The molecule has 4 aromatic heterocycles. The molecular formula is C29H38F3N7O2Si. The van der Waals surface area contributed by atoms with Crippen molar-refractivity contribution >= 4 is 25.0 Å². The van der Waals surface area contributed by atoms with Crippen molar-refractivity contribution in [2.75, 3.05) is 13.2 Å². The van der Waals surface area contributed by atoms with Crippen molar-refractivity contribution < 1.29 is 22.7 Å². The number of rotatable bonds is 11. The van der Waals surface area contributed by atoms with Gasteiger partial charge >= 0.3 is 6.18 Å². The molecule has 1 amide bonds. The first-order valence-corrected chi connectivity index (χ1v) is 17.4. The van der Waals surface area contributed by atoms with Crippen LogP contribution in [0.25, 0.3) is 33.3 Å². The Morgan fingerprint density at radius 3 is 2.43 bits per heavy atom. The summed E-state index contributed by atoms with van der Waals surface area (Å²) in [5.74, 6) is -1.45. The number of fused-ring (bicyclic) bond motifs is 1. The molecule has 1 atom stereocenters. The molecule has 0 saturated carbocycles. The molecule has 0 fully saturated rings. The molecule has 0 aliphatic heterocycles. The fourth-order valence-corrected chi connectivity index (χ4v) is 5.39. The van der Waals surface area contributed by atoms with Gasteiger partial charge < -0.3 is 20.4 Å². The van der Waals surface area contributed by atoms with Crippen LogP contribution in [0.15, 0.2) is 49.3 Å². The van der Waals surface area contributed by atoms with Gasteiger partial charge in [-0.25, -0.2) is 4.98 Å². The van der Waals surface area contributed by atoms with Gasteiger partial charge in [0.05, 0.1) is 6.20 Å². The Balaban J connectivity index is 1.77. The van der Waals surface area contributed by atoms with E-state index < -0.39 is 38.2 Å². The number of nitrogens with two attached hydrogens (primary N) is 1. The van der Waals surface area contributed by atoms with E-state index in [4.69, 9.17) is 15.5 Å². The number of ether oxygens (including phenoxy) is 1. The van der Waals surface area contributed by atoms with Crippen LogP contribution < -0.4 is 11.1 Å². The Morgan fingerprint density at radius 1 is 1.07 bits per heavy atom.